The van der Waals surface area contributed by atoms with Gasteiger partial charge in [0.1, 0.15) is 22.3 Å². The molecule has 9 aromatic carbocycles. The van der Waals surface area contributed by atoms with E-state index in [1.165, 1.54) is 21.9 Å². The molecule has 5 heteroatoms. The van der Waals surface area contributed by atoms with Crippen LogP contribution in [0.25, 0.3) is 128 Å². The monoisotopic (exact) mass is 917 g/mol. The molecule has 13 rings (SSSR count). The summed E-state index contributed by atoms with van der Waals surface area (Å²) in [5.41, 5.74) is 18.3. The van der Waals surface area contributed by atoms with Gasteiger partial charge in [0.05, 0.1) is 28.1 Å². The predicted molar refractivity (Wildman–Crippen MR) is 296 cm³/mol. The second kappa shape index (κ2) is 16.0. The molecule has 0 aliphatic heterocycles. The molecule has 0 unspecified atom stereocenters. The van der Waals surface area contributed by atoms with E-state index >= 15 is 0 Å². The Kier molecular flexibility index (Phi) is 9.60. The Balaban J connectivity index is 1.11. The summed E-state index contributed by atoms with van der Waals surface area (Å²) in [5, 5.41) is 6.69. The first-order chi connectivity index (χ1) is 34.4. The molecule has 0 spiro atoms. The first-order valence-corrected chi connectivity index (χ1v) is 24.5. The van der Waals surface area contributed by atoms with Crippen LogP contribution in [0.15, 0.2) is 209 Å². The number of para-hydroxylation sites is 2. The van der Waals surface area contributed by atoms with E-state index in [1.54, 1.807) is 0 Å². The number of hydrogen-bond acceptors (Lipinski definition) is 4. The average Bonchev–Trinajstić information content (AvgIpc) is 4.06. The third kappa shape index (κ3) is 7.22. The minimum atomic E-state index is -0.0261. The van der Waals surface area contributed by atoms with E-state index < -0.39 is 0 Å². The minimum absolute atomic E-state index is 0.0261. The highest BCUT2D eigenvalue weighted by molar-refractivity contribution is 6.12. The summed E-state index contributed by atoms with van der Waals surface area (Å²) < 4.78 is 15.1. The number of rotatable bonds is 6. The zero-order chi connectivity index (χ0) is 48.2. The first-order valence-electron chi connectivity index (χ1n) is 24.5. The van der Waals surface area contributed by atoms with E-state index in [-0.39, 0.29) is 10.8 Å². The lowest BCUT2D eigenvalue weighted by atomic mass is 9.85. The van der Waals surface area contributed by atoms with Gasteiger partial charge in [0.15, 0.2) is 5.82 Å². The van der Waals surface area contributed by atoms with E-state index in [0.717, 1.165) is 111 Å². The topological polar surface area (TPSA) is 57.0 Å². The molecular formula is C66H51N3O2. The summed E-state index contributed by atoms with van der Waals surface area (Å²) in [7, 11) is 0. The van der Waals surface area contributed by atoms with E-state index in [9.17, 15) is 0 Å². The van der Waals surface area contributed by atoms with Gasteiger partial charge >= 0.3 is 0 Å². The van der Waals surface area contributed by atoms with Crippen LogP contribution in [-0.2, 0) is 10.8 Å². The summed E-state index contributed by atoms with van der Waals surface area (Å²) in [6.45, 7) is 13.8. The molecule has 0 aliphatic carbocycles. The van der Waals surface area contributed by atoms with Gasteiger partial charge in [-0.3, -0.25) is 0 Å². The highest BCUT2D eigenvalue weighted by Crippen LogP contribution is 2.46. The Bertz CT molecular complexity index is 3970. The quantitative estimate of drug-likeness (QED) is 0.167. The van der Waals surface area contributed by atoms with E-state index in [0.29, 0.717) is 5.82 Å². The van der Waals surface area contributed by atoms with Crippen molar-refractivity contribution in [3.8, 4) is 61.8 Å². The maximum absolute atomic E-state index is 6.30. The fraction of sp³-hybridized carbons (Fsp3) is 0.121. The molecule has 4 heterocycles. The fourth-order valence-corrected chi connectivity index (χ4v) is 10.5. The molecular weight excluding hydrogens is 867 g/mol. The second-order valence-electron chi connectivity index (χ2n) is 21.0. The van der Waals surface area contributed by atoms with Gasteiger partial charge in [-0.05, 0) is 124 Å². The van der Waals surface area contributed by atoms with Crippen LogP contribution in [0.4, 0.5) is 0 Å². The number of nitrogens with zero attached hydrogens (tertiary/aromatic N) is 3. The van der Waals surface area contributed by atoms with Gasteiger partial charge in [0, 0.05) is 60.1 Å². The second-order valence-corrected chi connectivity index (χ2v) is 21.0. The van der Waals surface area contributed by atoms with Crippen molar-refractivity contribution in [3.63, 3.8) is 0 Å². The van der Waals surface area contributed by atoms with Gasteiger partial charge in [0.2, 0.25) is 0 Å². The zero-order valence-corrected chi connectivity index (χ0v) is 40.7. The Morgan fingerprint density at radius 2 is 0.775 bits per heavy atom. The number of furan rings is 2. The number of fused-ring (bicyclic) bond motifs is 9. The largest absolute Gasteiger partial charge is 0.456 e. The Hall–Kier alpha value is -8.54. The minimum Gasteiger partial charge on any atom is -0.456 e. The van der Waals surface area contributed by atoms with Gasteiger partial charge in [-0.15, -0.1) is 0 Å². The van der Waals surface area contributed by atoms with Crippen LogP contribution < -0.4 is 0 Å². The van der Waals surface area contributed by atoms with Crippen molar-refractivity contribution in [1.82, 2.24) is 14.5 Å². The van der Waals surface area contributed by atoms with Crippen LogP contribution in [0.5, 0.6) is 0 Å². The normalized spacial score (nSPS) is 12.4. The molecule has 0 N–H and O–H groups in total. The molecule has 0 amide bonds. The van der Waals surface area contributed by atoms with Crippen molar-refractivity contribution in [2.45, 2.75) is 52.4 Å². The smallest absolute Gasteiger partial charge is 0.160 e. The molecule has 0 bridgehead atoms. The average molecular weight is 918 g/mol. The Labute approximate surface area is 412 Å². The standard InChI is InChI=1S/C66H51N3O2/c1-65(2,3)45-27-29-57-51(37-45)52-38-46(66(4,5)6)28-30-58(52)69(57)63-49(40-17-9-7-10-18-40)35-44(36-50(63)41-19-11-8-12-20-41)56-39-55(42-25-31-61-53(33-42)47-21-13-15-23-59(47)70-61)67-64(68-56)43-26-32-62-54(34-43)48-22-14-16-24-60(48)71-62/h7-39H,1-6H3. The molecule has 0 saturated carbocycles. The number of hydrogen-bond donors (Lipinski definition) is 0. The third-order valence-corrected chi connectivity index (χ3v) is 14.3. The van der Waals surface area contributed by atoms with Crippen LogP contribution in [0.3, 0.4) is 0 Å². The third-order valence-electron chi connectivity index (χ3n) is 14.3. The lowest BCUT2D eigenvalue weighted by molar-refractivity contribution is 0.590. The fourth-order valence-electron chi connectivity index (χ4n) is 10.5. The highest BCUT2D eigenvalue weighted by atomic mass is 16.3. The van der Waals surface area contributed by atoms with Crippen molar-refractivity contribution < 1.29 is 8.83 Å². The van der Waals surface area contributed by atoms with Crippen molar-refractivity contribution in [2.75, 3.05) is 0 Å². The van der Waals surface area contributed by atoms with Gasteiger partial charge < -0.3 is 13.4 Å². The molecule has 13 aromatic rings. The maximum Gasteiger partial charge on any atom is 0.160 e. The first kappa shape index (κ1) is 42.6. The molecule has 342 valence electrons. The van der Waals surface area contributed by atoms with Gasteiger partial charge in [0.25, 0.3) is 0 Å². The molecule has 0 saturated heterocycles. The van der Waals surface area contributed by atoms with Crippen molar-refractivity contribution in [2.24, 2.45) is 0 Å². The lowest BCUT2D eigenvalue weighted by Crippen LogP contribution is -2.10. The summed E-state index contributed by atoms with van der Waals surface area (Å²) in [4.78, 5) is 10.9. The SMILES string of the molecule is CC(C)(C)c1ccc2c(c1)c1cc(C(C)(C)C)ccc1n2-c1c(-c2ccccc2)cc(-c2cc(-c3ccc4oc5ccccc5c4c3)nc(-c3ccc4oc5ccccc5c4c3)n2)cc1-c1ccccc1. The predicted octanol–water partition coefficient (Wildman–Crippen LogP) is 18.3. The highest BCUT2D eigenvalue weighted by Gasteiger charge is 2.26. The van der Waals surface area contributed by atoms with E-state index in [1.807, 2.05) is 30.3 Å². The van der Waals surface area contributed by atoms with E-state index in [4.69, 9.17) is 18.8 Å². The molecule has 71 heavy (non-hydrogen) atoms. The molecule has 0 aliphatic rings. The summed E-state index contributed by atoms with van der Waals surface area (Å²) in [6, 6.07) is 71.7. The molecule has 5 nitrogen and oxygen atoms in total. The maximum atomic E-state index is 6.30. The summed E-state index contributed by atoms with van der Waals surface area (Å²) >= 11 is 0. The van der Waals surface area contributed by atoms with Gasteiger partial charge in [-0.2, -0.15) is 0 Å². The molecule has 0 fully saturated rings. The summed E-state index contributed by atoms with van der Waals surface area (Å²) in [6.07, 6.45) is 0. The van der Waals surface area contributed by atoms with Crippen LogP contribution in [0, 0.1) is 0 Å². The van der Waals surface area contributed by atoms with Gasteiger partial charge in [-0.1, -0.05) is 151 Å². The Morgan fingerprint density at radius 1 is 0.338 bits per heavy atom. The van der Waals surface area contributed by atoms with Crippen LogP contribution >= 0.6 is 0 Å². The van der Waals surface area contributed by atoms with Gasteiger partial charge in [-0.25, -0.2) is 9.97 Å². The summed E-state index contributed by atoms with van der Waals surface area (Å²) in [5.74, 6) is 0.625. The van der Waals surface area contributed by atoms with Crippen molar-refractivity contribution in [3.05, 3.63) is 211 Å². The van der Waals surface area contributed by atoms with Crippen LogP contribution in [0.2, 0.25) is 0 Å². The molecule has 4 aromatic heterocycles. The lowest BCUT2D eigenvalue weighted by Gasteiger charge is -2.22. The van der Waals surface area contributed by atoms with E-state index in [2.05, 4.69) is 216 Å². The molecule has 0 radical (unpaired) electrons. The van der Waals surface area contributed by atoms with Crippen molar-refractivity contribution >= 4 is 65.7 Å². The van der Waals surface area contributed by atoms with Crippen LogP contribution in [-0.4, -0.2) is 14.5 Å². The number of aromatic nitrogens is 3. The number of benzene rings is 9. The van der Waals surface area contributed by atoms with Crippen molar-refractivity contribution in [1.29, 1.82) is 0 Å². The molecule has 0 atom stereocenters. The Morgan fingerprint density at radius 3 is 1.28 bits per heavy atom. The zero-order valence-electron chi connectivity index (χ0n) is 40.7. The van der Waals surface area contributed by atoms with Crippen LogP contribution in [0.1, 0.15) is 52.7 Å².